The third-order valence-corrected chi connectivity index (χ3v) is 1.75. The molecule has 0 heterocycles. The van der Waals surface area contributed by atoms with Gasteiger partial charge >= 0.3 is 0 Å². The zero-order chi connectivity index (χ0) is 12.8. The number of benzene rings is 1. The Balaban J connectivity index is 2.92. The summed E-state index contributed by atoms with van der Waals surface area (Å²) in [5.74, 6) is -0.139. The minimum Gasteiger partial charge on any atom is -0.439 e. The lowest BCUT2D eigenvalue weighted by Crippen LogP contribution is -2.08. The van der Waals surface area contributed by atoms with Gasteiger partial charge in [-0.2, -0.15) is 10.5 Å². The second kappa shape index (κ2) is 5.14. The van der Waals surface area contributed by atoms with E-state index in [0.717, 1.165) is 0 Å². The number of hydrogen-bond acceptors (Lipinski definition) is 6. The van der Waals surface area contributed by atoms with E-state index >= 15 is 0 Å². The standard InChI is InChI=1S/C10H6N4O3/c11-5-7(6-12)10(13)17-9-3-1-8(2-4-9)14(15)16/h1-4H,13H2. The zero-order valence-corrected chi connectivity index (χ0v) is 8.45. The summed E-state index contributed by atoms with van der Waals surface area (Å²) < 4.78 is 4.98. The molecule has 0 amide bonds. The van der Waals surface area contributed by atoms with Crippen molar-refractivity contribution < 1.29 is 9.66 Å². The van der Waals surface area contributed by atoms with E-state index in [1.807, 2.05) is 0 Å². The number of hydrogen-bond donors (Lipinski definition) is 1. The SMILES string of the molecule is N#CC(C#N)=C(N)Oc1ccc([N+](=O)[O-])cc1. The van der Waals surface area contributed by atoms with Crippen molar-refractivity contribution in [2.24, 2.45) is 5.73 Å². The van der Waals surface area contributed by atoms with Gasteiger partial charge in [-0.15, -0.1) is 0 Å². The Hall–Kier alpha value is -3.06. The molecule has 0 saturated heterocycles. The smallest absolute Gasteiger partial charge is 0.269 e. The van der Waals surface area contributed by atoms with E-state index in [2.05, 4.69) is 0 Å². The Morgan fingerprint density at radius 1 is 1.29 bits per heavy atom. The maximum absolute atomic E-state index is 10.4. The van der Waals surface area contributed by atoms with Crippen molar-refractivity contribution in [3.8, 4) is 17.9 Å². The molecule has 0 spiro atoms. The van der Waals surface area contributed by atoms with Crippen LogP contribution >= 0.6 is 0 Å². The van der Waals surface area contributed by atoms with Gasteiger partial charge in [0.15, 0.2) is 5.57 Å². The number of nitro groups is 1. The highest BCUT2D eigenvalue weighted by Crippen LogP contribution is 2.18. The van der Waals surface area contributed by atoms with Crippen molar-refractivity contribution in [2.45, 2.75) is 0 Å². The van der Waals surface area contributed by atoms with Crippen LogP contribution in [0.15, 0.2) is 35.7 Å². The average Bonchev–Trinajstić information content (AvgIpc) is 2.31. The van der Waals surface area contributed by atoms with Gasteiger partial charge in [-0.05, 0) is 12.1 Å². The molecule has 0 radical (unpaired) electrons. The van der Waals surface area contributed by atoms with Crippen LogP contribution in [0, 0.1) is 32.8 Å². The van der Waals surface area contributed by atoms with Crippen LogP contribution in [0.1, 0.15) is 0 Å². The molecule has 7 nitrogen and oxygen atoms in total. The summed E-state index contributed by atoms with van der Waals surface area (Å²) >= 11 is 0. The van der Waals surface area contributed by atoms with E-state index in [4.69, 9.17) is 21.0 Å². The van der Waals surface area contributed by atoms with E-state index in [1.54, 1.807) is 12.1 Å². The number of rotatable bonds is 3. The van der Waals surface area contributed by atoms with E-state index < -0.39 is 4.92 Å². The van der Waals surface area contributed by atoms with Gasteiger partial charge in [-0.1, -0.05) is 0 Å². The molecule has 84 valence electrons. The first-order valence-corrected chi connectivity index (χ1v) is 4.30. The number of nitriles is 2. The molecule has 0 unspecified atom stereocenters. The van der Waals surface area contributed by atoms with Crippen LogP contribution in [0.3, 0.4) is 0 Å². The summed E-state index contributed by atoms with van der Waals surface area (Å²) in [6, 6.07) is 8.20. The van der Waals surface area contributed by atoms with Gasteiger partial charge in [0.25, 0.3) is 5.69 Å². The lowest BCUT2D eigenvalue weighted by molar-refractivity contribution is -0.384. The third-order valence-electron chi connectivity index (χ3n) is 1.75. The molecule has 0 aliphatic rings. The molecule has 1 aromatic rings. The van der Waals surface area contributed by atoms with E-state index in [9.17, 15) is 10.1 Å². The summed E-state index contributed by atoms with van der Waals surface area (Å²) in [6.07, 6.45) is 0. The largest absolute Gasteiger partial charge is 0.439 e. The van der Waals surface area contributed by atoms with Gasteiger partial charge in [-0.25, -0.2) is 0 Å². The van der Waals surface area contributed by atoms with Crippen molar-refractivity contribution >= 4 is 5.69 Å². The quantitative estimate of drug-likeness (QED) is 0.359. The van der Waals surface area contributed by atoms with Gasteiger partial charge in [0, 0.05) is 12.1 Å². The van der Waals surface area contributed by atoms with E-state index in [0.29, 0.717) is 0 Å². The molecule has 1 aromatic carbocycles. The molecule has 0 fully saturated rings. The van der Waals surface area contributed by atoms with Crippen LogP contribution < -0.4 is 10.5 Å². The van der Waals surface area contributed by atoms with Gasteiger partial charge in [0.2, 0.25) is 5.88 Å². The molecule has 7 heteroatoms. The Morgan fingerprint density at radius 2 is 1.82 bits per heavy atom. The van der Waals surface area contributed by atoms with E-state index in [1.165, 1.54) is 24.3 Å². The number of nitrogens with zero attached hydrogens (tertiary/aromatic N) is 3. The van der Waals surface area contributed by atoms with Crippen LogP contribution in [0.2, 0.25) is 0 Å². The number of nitrogens with two attached hydrogens (primary N) is 1. The third kappa shape index (κ3) is 2.94. The molecule has 0 aromatic heterocycles. The number of nitro benzene ring substituents is 1. The van der Waals surface area contributed by atoms with E-state index in [-0.39, 0.29) is 22.9 Å². The summed E-state index contributed by atoms with van der Waals surface area (Å²) in [7, 11) is 0. The number of allylic oxidation sites excluding steroid dienone is 1. The molecule has 0 aliphatic heterocycles. The zero-order valence-electron chi connectivity index (χ0n) is 8.45. The van der Waals surface area contributed by atoms with Crippen LogP contribution in [0.5, 0.6) is 5.75 Å². The first-order valence-electron chi connectivity index (χ1n) is 4.30. The number of non-ortho nitro benzene ring substituents is 1. The van der Waals surface area contributed by atoms with Crippen molar-refractivity contribution in [3.63, 3.8) is 0 Å². The molecular weight excluding hydrogens is 224 g/mol. The highest BCUT2D eigenvalue weighted by atomic mass is 16.6. The monoisotopic (exact) mass is 230 g/mol. The maximum Gasteiger partial charge on any atom is 0.269 e. The van der Waals surface area contributed by atoms with Crippen LogP contribution in [-0.2, 0) is 0 Å². The topological polar surface area (TPSA) is 126 Å². The van der Waals surface area contributed by atoms with Crippen molar-refractivity contribution in [3.05, 3.63) is 45.8 Å². The second-order valence-corrected chi connectivity index (χ2v) is 2.82. The first kappa shape index (κ1) is 12.0. The minimum atomic E-state index is -0.557. The molecule has 0 aliphatic carbocycles. The molecule has 0 bridgehead atoms. The van der Waals surface area contributed by atoms with Crippen LogP contribution in [0.25, 0.3) is 0 Å². The Kier molecular flexibility index (Phi) is 3.63. The predicted molar refractivity (Wildman–Crippen MR) is 56.2 cm³/mol. The Labute approximate surface area is 96.1 Å². The normalized spacial score (nSPS) is 8.59. The van der Waals surface area contributed by atoms with Crippen molar-refractivity contribution in [1.29, 1.82) is 10.5 Å². The van der Waals surface area contributed by atoms with Gasteiger partial charge < -0.3 is 10.5 Å². The van der Waals surface area contributed by atoms with Gasteiger partial charge in [0.05, 0.1) is 4.92 Å². The highest BCUT2D eigenvalue weighted by Gasteiger charge is 2.07. The second-order valence-electron chi connectivity index (χ2n) is 2.82. The molecule has 0 atom stereocenters. The van der Waals surface area contributed by atoms with Crippen molar-refractivity contribution in [1.82, 2.24) is 0 Å². The Bertz CT molecular complexity index is 532. The summed E-state index contributed by atoms with van der Waals surface area (Å²) in [4.78, 5) is 9.82. The first-order chi connectivity index (χ1) is 8.08. The lowest BCUT2D eigenvalue weighted by Gasteiger charge is -2.04. The fraction of sp³-hybridized carbons (Fsp3) is 0. The molecule has 2 N–H and O–H groups in total. The van der Waals surface area contributed by atoms with Crippen LogP contribution in [0.4, 0.5) is 5.69 Å². The highest BCUT2D eigenvalue weighted by molar-refractivity contribution is 5.40. The molecule has 1 rings (SSSR count). The molecule has 0 saturated carbocycles. The van der Waals surface area contributed by atoms with Gasteiger partial charge in [0.1, 0.15) is 17.9 Å². The number of ether oxygens (including phenoxy) is 1. The lowest BCUT2D eigenvalue weighted by atomic mass is 10.3. The predicted octanol–water partition coefficient (Wildman–Crippen LogP) is 1.19. The summed E-state index contributed by atoms with van der Waals surface area (Å²) in [5.41, 5.74) is 4.89. The molecular formula is C10H6N4O3. The Morgan fingerprint density at radius 3 is 2.24 bits per heavy atom. The van der Waals surface area contributed by atoms with Gasteiger partial charge in [-0.3, -0.25) is 10.1 Å². The summed E-state index contributed by atoms with van der Waals surface area (Å²) in [6.45, 7) is 0. The molecule has 17 heavy (non-hydrogen) atoms. The van der Waals surface area contributed by atoms with Crippen LogP contribution in [-0.4, -0.2) is 4.92 Å². The minimum absolute atomic E-state index is 0.0966. The fourth-order valence-electron chi connectivity index (χ4n) is 0.949. The average molecular weight is 230 g/mol. The maximum atomic E-state index is 10.4. The fourth-order valence-corrected chi connectivity index (χ4v) is 0.949. The van der Waals surface area contributed by atoms with Crippen molar-refractivity contribution in [2.75, 3.05) is 0 Å². The summed E-state index contributed by atoms with van der Waals surface area (Å²) in [5, 5.41) is 27.4.